The highest BCUT2D eigenvalue weighted by atomic mass is 31.2. The molecule has 0 spiro atoms. The van der Waals surface area contributed by atoms with Gasteiger partial charge in [0.25, 0.3) is 0 Å². The fraction of sp³-hybridized carbons (Fsp3) is 0.741. The second-order valence-corrected chi connectivity index (χ2v) is 30.2. The van der Waals surface area contributed by atoms with Crippen LogP contribution in [0.3, 0.4) is 0 Å². The first-order valence-corrected chi connectivity index (χ1v) is 44.1. The Hall–Kier alpha value is -4.28. The first-order valence-electron chi connectivity index (χ1n) is 41.1. The van der Waals surface area contributed by atoms with E-state index in [0.717, 1.165) is 173 Å². The maximum absolute atomic E-state index is 13.1. The number of aliphatic hydroxyl groups is 1. The third-order valence-corrected chi connectivity index (χ3v) is 19.1. The van der Waals surface area contributed by atoms with Crippen molar-refractivity contribution in [3.05, 3.63) is 109 Å². The molecule has 19 heteroatoms. The number of phosphoric ester groups is 2. The Morgan fingerprint density at radius 3 is 0.808 bits per heavy atom. The van der Waals surface area contributed by atoms with Gasteiger partial charge in [0.1, 0.15) is 19.3 Å². The summed E-state index contributed by atoms with van der Waals surface area (Å²) in [5, 5.41) is 10.7. The number of hydrogen-bond donors (Lipinski definition) is 3. The van der Waals surface area contributed by atoms with E-state index >= 15 is 0 Å². The van der Waals surface area contributed by atoms with Gasteiger partial charge >= 0.3 is 39.5 Å². The topological polar surface area (TPSA) is 237 Å². The molecule has 0 aromatic carbocycles. The van der Waals surface area contributed by atoms with Crippen LogP contribution in [0.2, 0.25) is 0 Å². The van der Waals surface area contributed by atoms with Gasteiger partial charge < -0.3 is 33.8 Å². The summed E-state index contributed by atoms with van der Waals surface area (Å²) >= 11 is 0. The van der Waals surface area contributed by atoms with Crippen LogP contribution < -0.4 is 0 Å². The minimum Gasteiger partial charge on any atom is -0.462 e. The zero-order chi connectivity index (χ0) is 76.0. The van der Waals surface area contributed by atoms with Gasteiger partial charge in [-0.15, -0.1) is 0 Å². The van der Waals surface area contributed by atoms with Crippen molar-refractivity contribution in [1.29, 1.82) is 0 Å². The molecule has 0 aromatic rings. The summed E-state index contributed by atoms with van der Waals surface area (Å²) < 4.78 is 68.6. The summed E-state index contributed by atoms with van der Waals surface area (Å²) in [5.74, 6) is -2.23. The van der Waals surface area contributed by atoms with Gasteiger partial charge in [-0.2, -0.15) is 0 Å². The number of esters is 4. The molecule has 0 aromatic heterocycles. The number of carbonyl (C=O) groups excluding carboxylic acids is 4. The van der Waals surface area contributed by atoms with Crippen LogP contribution in [-0.2, 0) is 65.4 Å². The minimum atomic E-state index is -4.99. The van der Waals surface area contributed by atoms with E-state index in [1.54, 1.807) is 0 Å². The van der Waals surface area contributed by atoms with Crippen molar-refractivity contribution in [2.75, 3.05) is 39.6 Å². The zero-order valence-corrected chi connectivity index (χ0v) is 67.5. The van der Waals surface area contributed by atoms with Crippen molar-refractivity contribution in [2.24, 2.45) is 0 Å². The van der Waals surface area contributed by atoms with E-state index in [-0.39, 0.29) is 25.7 Å². The van der Waals surface area contributed by atoms with E-state index in [2.05, 4.69) is 137 Å². The molecule has 0 radical (unpaired) electrons. The molecule has 0 saturated carbocycles. The number of rotatable bonds is 77. The van der Waals surface area contributed by atoms with Gasteiger partial charge in [0.2, 0.25) is 0 Å². The highest BCUT2D eigenvalue weighted by molar-refractivity contribution is 7.47. The Balaban J connectivity index is 5.42. The quantitative estimate of drug-likeness (QED) is 0.0169. The van der Waals surface area contributed by atoms with Crippen molar-refractivity contribution in [3.63, 3.8) is 0 Å². The first kappa shape index (κ1) is 99.7. The van der Waals surface area contributed by atoms with Crippen molar-refractivity contribution >= 4 is 39.5 Å². The molecule has 0 bridgehead atoms. The van der Waals surface area contributed by atoms with E-state index in [1.165, 1.54) is 96.3 Å². The molecule has 17 nitrogen and oxygen atoms in total. The Morgan fingerprint density at radius 1 is 0.279 bits per heavy atom. The van der Waals surface area contributed by atoms with E-state index in [0.29, 0.717) is 25.7 Å². The minimum absolute atomic E-state index is 0.0531. The third-order valence-electron chi connectivity index (χ3n) is 17.2. The maximum Gasteiger partial charge on any atom is 0.472 e. The van der Waals surface area contributed by atoms with E-state index in [1.807, 2.05) is 0 Å². The van der Waals surface area contributed by atoms with Gasteiger partial charge in [0.15, 0.2) is 12.2 Å². The molecule has 2 unspecified atom stereocenters. The Labute approximate surface area is 632 Å². The number of carbonyl (C=O) groups is 4. The van der Waals surface area contributed by atoms with E-state index in [9.17, 15) is 43.2 Å². The smallest absolute Gasteiger partial charge is 0.462 e. The average Bonchev–Trinajstić information content (AvgIpc) is 0.943. The largest absolute Gasteiger partial charge is 0.472 e. The molecule has 0 fully saturated rings. The monoisotopic (exact) mass is 1500 g/mol. The van der Waals surface area contributed by atoms with Crippen LogP contribution in [0, 0.1) is 0 Å². The van der Waals surface area contributed by atoms with Gasteiger partial charge in [0.05, 0.1) is 26.4 Å². The predicted molar refractivity (Wildman–Crippen MR) is 427 cm³/mol. The maximum atomic E-state index is 13.1. The summed E-state index contributed by atoms with van der Waals surface area (Å²) in [5.41, 5.74) is 0. The molecule has 3 N–H and O–H groups in total. The van der Waals surface area contributed by atoms with Crippen molar-refractivity contribution in [2.45, 2.75) is 367 Å². The number of aliphatic hydroxyl groups excluding tert-OH is 1. The van der Waals surface area contributed by atoms with Gasteiger partial charge in [-0.3, -0.25) is 37.3 Å². The van der Waals surface area contributed by atoms with Gasteiger partial charge in [-0.1, -0.05) is 278 Å². The van der Waals surface area contributed by atoms with Gasteiger partial charge in [-0.25, -0.2) is 9.13 Å². The van der Waals surface area contributed by atoms with Crippen LogP contribution in [0.25, 0.3) is 0 Å². The zero-order valence-electron chi connectivity index (χ0n) is 65.7. The Bertz CT molecular complexity index is 2390. The molecule has 0 saturated heterocycles. The number of ether oxygens (including phenoxy) is 4. The summed E-state index contributed by atoms with van der Waals surface area (Å²) in [6.45, 7) is 4.69. The lowest BCUT2D eigenvalue weighted by Gasteiger charge is -2.21. The summed E-state index contributed by atoms with van der Waals surface area (Å²) in [7, 11) is -9.98. The normalized spacial score (nSPS) is 14.4. The molecule has 600 valence electrons. The predicted octanol–water partition coefficient (Wildman–Crippen LogP) is 24.1. The molecule has 0 rings (SSSR count). The lowest BCUT2D eigenvalue weighted by atomic mass is 10.1. The van der Waals surface area contributed by atoms with Crippen molar-refractivity contribution < 1.29 is 80.2 Å². The van der Waals surface area contributed by atoms with Crippen LogP contribution in [0.4, 0.5) is 0 Å². The highest BCUT2D eigenvalue weighted by Gasteiger charge is 2.30. The number of allylic oxidation sites excluding steroid dienone is 18. The standard InChI is InChI=1S/C85H148O17P2/c1-5-9-13-17-21-25-29-33-37-38-39-40-44-48-52-56-60-64-68-72-85(90)102-81(76-96-83(88)70-66-62-58-54-50-46-42-35-31-27-23-19-15-11-7-3)78-100-104(93,94)98-74-79(86)73-97-103(91,92)99-77-80(101-84(89)71-67-63-59-55-51-47-43-36-32-28-24-20-16-12-8-4)75-95-82(87)69-65-61-57-53-49-45-41-34-30-26-22-18-14-10-6-2/h9,13,21-22,25-26,33-37,39-43,48,52,79-81,86H,5-8,10-12,14-20,23-24,27-32,38,44-47,49-51,53-78H2,1-4H3,(H,91,92)(H,93,94)/b13-9-,25-21-,26-22-,37-33-,40-39-,41-34-,42-35-,43-36-,52-48-/t79-,80-,81-/m1/s1. The molecular formula is C85H148O17P2. The summed E-state index contributed by atoms with van der Waals surface area (Å²) in [6.07, 6.45) is 83.4. The van der Waals surface area contributed by atoms with Gasteiger partial charge in [0, 0.05) is 25.7 Å². The second-order valence-electron chi connectivity index (χ2n) is 27.3. The fourth-order valence-corrected chi connectivity index (χ4v) is 12.5. The lowest BCUT2D eigenvalue weighted by molar-refractivity contribution is -0.161. The summed E-state index contributed by atoms with van der Waals surface area (Å²) in [4.78, 5) is 73.1. The SMILES string of the molecule is CC/C=C\C/C=C\C/C=C\C/C=C\C/C=C\CCCCCC(=O)O[C@H](COC(=O)CCCCCCC/C=C\CCCCCCCC)COP(=O)(O)OC[C@H](O)COP(=O)(O)OC[C@@H](COC(=O)CCCCCCC/C=C\C/C=C\CCCCC)OC(=O)CCCCCCC/C=C\CCCCCCCC. The second kappa shape index (κ2) is 76.9. The average molecular weight is 1500 g/mol. The molecule has 0 aliphatic heterocycles. The van der Waals surface area contributed by atoms with Crippen LogP contribution >= 0.6 is 15.6 Å². The van der Waals surface area contributed by atoms with E-state index in [4.69, 9.17) is 37.0 Å². The molecule has 0 amide bonds. The number of hydrogen-bond acceptors (Lipinski definition) is 15. The Morgan fingerprint density at radius 2 is 0.500 bits per heavy atom. The van der Waals surface area contributed by atoms with Crippen LogP contribution in [0.1, 0.15) is 349 Å². The van der Waals surface area contributed by atoms with Crippen molar-refractivity contribution in [1.82, 2.24) is 0 Å². The Kier molecular flexibility index (Phi) is 73.7. The molecular weight excluding hydrogens is 1350 g/mol. The van der Waals surface area contributed by atoms with Crippen LogP contribution in [0.5, 0.6) is 0 Å². The number of phosphoric acid groups is 2. The first-order chi connectivity index (χ1) is 50.7. The lowest BCUT2D eigenvalue weighted by Crippen LogP contribution is -2.30. The molecule has 0 aliphatic carbocycles. The molecule has 5 atom stereocenters. The van der Waals surface area contributed by atoms with E-state index < -0.39 is 97.5 Å². The summed E-state index contributed by atoms with van der Waals surface area (Å²) in [6, 6.07) is 0. The fourth-order valence-electron chi connectivity index (χ4n) is 10.9. The van der Waals surface area contributed by atoms with Crippen LogP contribution in [-0.4, -0.2) is 96.7 Å². The molecule has 0 heterocycles. The number of unbranched alkanes of at least 4 members (excludes halogenated alkanes) is 33. The molecule has 0 aliphatic rings. The van der Waals surface area contributed by atoms with Crippen LogP contribution in [0.15, 0.2) is 109 Å². The molecule has 104 heavy (non-hydrogen) atoms. The highest BCUT2D eigenvalue weighted by Crippen LogP contribution is 2.45. The van der Waals surface area contributed by atoms with Gasteiger partial charge in [-0.05, 0) is 154 Å². The van der Waals surface area contributed by atoms with Crippen molar-refractivity contribution in [3.8, 4) is 0 Å². The third kappa shape index (κ3) is 75.9.